The highest BCUT2D eigenvalue weighted by Gasteiger charge is 2.37. The Bertz CT molecular complexity index is 536. The molecule has 0 amide bonds. The summed E-state index contributed by atoms with van der Waals surface area (Å²) in [6.07, 6.45) is -4.72. The lowest BCUT2D eigenvalue weighted by Crippen LogP contribution is -2.14. The molecule has 0 unspecified atom stereocenters. The molecule has 6 nitrogen and oxygen atoms in total. The molecule has 0 atom stereocenters. The van der Waals surface area contributed by atoms with Crippen LogP contribution in [-0.4, -0.2) is 20.4 Å². The van der Waals surface area contributed by atoms with Crippen molar-refractivity contribution in [3.63, 3.8) is 0 Å². The van der Waals surface area contributed by atoms with Gasteiger partial charge in [-0.2, -0.15) is 13.2 Å². The van der Waals surface area contributed by atoms with Gasteiger partial charge in [-0.05, 0) is 10.3 Å². The number of aromatic nitrogens is 3. The standard InChI is InChI=1S/C7H5F3N4O2/c8-7(9,10)5-2(1-15)3(11)4-6(12-5)14-16-13-4/h15H,1,11H2. The van der Waals surface area contributed by atoms with E-state index in [4.69, 9.17) is 10.8 Å². The Morgan fingerprint density at radius 2 is 2.00 bits per heavy atom. The Kier molecular flexibility index (Phi) is 2.19. The molecule has 0 fully saturated rings. The quantitative estimate of drug-likeness (QED) is 0.754. The Morgan fingerprint density at radius 1 is 1.31 bits per heavy atom. The van der Waals surface area contributed by atoms with Crippen molar-refractivity contribution in [1.82, 2.24) is 15.3 Å². The van der Waals surface area contributed by atoms with Crippen LogP contribution in [-0.2, 0) is 12.8 Å². The predicted octanol–water partition coefficient (Wildman–Crippen LogP) is 0.711. The Hall–Kier alpha value is -1.90. The van der Waals surface area contributed by atoms with Gasteiger partial charge >= 0.3 is 6.18 Å². The molecule has 0 spiro atoms. The molecule has 0 saturated carbocycles. The van der Waals surface area contributed by atoms with Gasteiger partial charge in [0.2, 0.25) is 5.65 Å². The van der Waals surface area contributed by atoms with Gasteiger partial charge in [-0.15, -0.1) is 0 Å². The van der Waals surface area contributed by atoms with Crippen LogP contribution in [0.2, 0.25) is 0 Å². The van der Waals surface area contributed by atoms with E-state index in [0.717, 1.165) is 0 Å². The number of aliphatic hydroxyl groups excluding tert-OH is 1. The van der Waals surface area contributed by atoms with E-state index in [0.29, 0.717) is 0 Å². The molecule has 9 heteroatoms. The lowest BCUT2D eigenvalue weighted by molar-refractivity contribution is -0.142. The number of nitrogens with zero attached hydrogens (tertiary/aromatic N) is 3. The number of hydrogen-bond acceptors (Lipinski definition) is 6. The van der Waals surface area contributed by atoms with Crippen molar-refractivity contribution in [3.05, 3.63) is 11.3 Å². The van der Waals surface area contributed by atoms with Crippen molar-refractivity contribution >= 4 is 16.9 Å². The number of pyridine rings is 1. The maximum atomic E-state index is 12.5. The molecule has 0 aliphatic heterocycles. The maximum Gasteiger partial charge on any atom is 0.433 e. The molecular weight excluding hydrogens is 229 g/mol. The van der Waals surface area contributed by atoms with Crippen LogP contribution in [0.5, 0.6) is 0 Å². The topological polar surface area (TPSA) is 98.1 Å². The molecule has 0 saturated heterocycles. The van der Waals surface area contributed by atoms with E-state index >= 15 is 0 Å². The van der Waals surface area contributed by atoms with Crippen molar-refractivity contribution in [2.75, 3.05) is 5.73 Å². The van der Waals surface area contributed by atoms with Gasteiger partial charge < -0.3 is 10.8 Å². The summed E-state index contributed by atoms with van der Waals surface area (Å²) in [6, 6.07) is 0. The number of hydrogen-bond donors (Lipinski definition) is 2. The van der Waals surface area contributed by atoms with Crippen molar-refractivity contribution < 1.29 is 22.9 Å². The zero-order chi connectivity index (χ0) is 11.9. The number of fused-ring (bicyclic) bond motifs is 1. The van der Waals surface area contributed by atoms with Crippen molar-refractivity contribution in [2.45, 2.75) is 12.8 Å². The Balaban J connectivity index is 2.82. The fourth-order valence-electron chi connectivity index (χ4n) is 1.27. The average Bonchev–Trinajstić information content (AvgIpc) is 2.64. The first kappa shape index (κ1) is 10.6. The number of nitrogens with two attached hydrogens (primary N) is 1. The van der Waals surface area contributed by atoms with E-state index in [-0.39, 0.29) is 16.9 Å². The fraction of sp³-hybridized carbons (Fsp3) is 0.286. The highest BCUT2D eigenvalue weighted by Crippen LogP contribution is 2.35. The van der Waals surface area contributed by atoms with E-state index < -0.39 is 24.0 Å². The van der Waals surface area contributed by atoms with Crippen LogP contribution < -0.4 is 5.73 Å². The third-order valence-corrected chi connectivity index (χ3v) is 1.98. The molecule has 2 rings (SSSR count). The summed E-state index contributed by atoms with van der Waals surface area (Å²) in [5.41, 5.74) is 2.82. The first-order chi connectivity index (χ1) is 7.45. The molecule has 0 bridgehead atoms. The van der Waals surface area contributed by atoms with Gasteiger partial charge in [0.25, 0.3) is 0 Å². The molecule has 2 heterocycles. The van der Waals surface area contributed by atoms with Crippen LogP contribution in [0, 0.1) is 0 Å². The van der Waals surface area contributed by atoms with E-state index in [1.807, 2.05) is 0 Å². The molecule has 0 radical (unpaired) electrons. The second-order valence-electron chi connectivity index (χ2n) is 2.94. The third-order valence-electron chi connectivity index (χ3n) is 1.98. The summed E-state index contributed by atoms with van der Waals surface area (Å²) >= 11 is 0. The van der Waals surface area contributed by atoms with Gasteiger partial charge in [0, 0.05) is 5.56 Å². The minimum atomic E-state index is -4.72. The van der Waals surface area contributed by atoms with Gasteiger partial charge in [0.05, 0.1) is 12.3 Å². The minimum absolute atomic E-state index is 0.1000. The molecule has 2 aromatic rings. The van der Waals surface area contributed by atoms with Crippen molar-refractivity contribution in [1.29, 1.82) is 0 Å². The Labute approximate surface area is 85.8 Å². The smallest absolute Gasteiger partial charge is 0.396 e. The van der Waals surface area contributed by atoms with Gasteiger partial charge in [0.15, 0.2) is 11.2 Å². The first-order valence-electron chi connectivity index (χ1n) is 4.03. The highest BCUT2D eigenvalue weighted by atomic mass is 19.4. The van der Waals surface area contributed by atoms with Crippen LogP contribution in [0.3, 0.4) is 0 Å². The molecule has 3 N–H and O–H groups in total. The number of halogens is 3. The zero-order valence-electron chi connectivity index (χ0n) is 7.62. The summed E-state index contributed by atoms with van der Waals surface area (Å²) in [6.45, 7) is -0.892. The summed E-state index contributed by atoms with van der Waals surface area (Å²) in [5, 5.41) is 15.3. The molecular formula is C7H5F3N4O2. The van der Waals surface area contributed by atoms with E-state index in [2.05, 4.69) is 19.9 Å². The monoisotopic (exact) mass is 234 g/mol. The van der Waals surface area contributed by atoms with Gasteiger partial charge in [-0.1, -0.05) is 0 Å². The molecule has 0 aromatic carbocycles. The third kappa shape index (κ3) is 1.45. The lowest BCUT2D eigenvalue weighted by atomic mass is 10.1. The number of alkyl halides is 3. The van der Waals surface area contributed by atoms with Crippen molar-refractivity contribution in [3.8, 4) is 0 Å². The summed E-state index contributed by atoms with van der Waals surface area (Å²) in [4.78, 5) is 3.21. The highest BCUT2D eigenvalue weighted by molar-refractivity contribution is 5.85. The summed E-state index contributed by atoms with van der Waals surface area (Å²) in [5.74, 6) is 0. The lowest BCUT2D eigenvalue weighted by Gasteiger charge is -2.11. The van der Waals surface area contributed by atoms with E-state index in [9.17, 15) is 13.2 Å². The fourth-order valence-corrected chi connectivity index (χ4v) is 1.27. The zero-order valence-corrected chi connectivity index (χ0v) is 7.62. The number of nitrogen functional groups attached to an aromatic ring is 1. The molecule has 2 aromatic heterocycles. The van der Waals surface area contributed by atoms with Crippen LogP contribution in [0.25, 0.3) is 11.2 Å². The van der Waals surface area contributed by atoms with E-state index in [1.54, 1.807) is 0 Å². The number of aliphatic hydroxyl groups is 1. The van der Waals surface area contributed by atoms with Crippen LogP contribution in [0.15, 0.2) is 4.63 Å². The second kappa shape index (κ2) is 3.30. The Morgan fingerprint density at radius 3 is 2.56 bits per heavy atom. The number of rotatable bonds is 1. The van der Waals surface area contributed by atoms with Gasteiger partial charge in [0.1, 0.15) is 0 Å². The molecule has 0 aliphatic rings. The normalized spacial score (nSPS) is 12.2. The van der Waals surface area contributed by atoms with Crippen LogP contribution in [0.4, 0.5) is 18.9 Å². The van der Waals surface area contributed by atoms with Crippen molar-refractivity contribution in [2.24, 2.45) is 0 Å². The molecule has 0 aliphatic carbocycles. The largest absolute Gasteiger partial charge is 0.433 e. The average molecular weight is 234 g/mol. The SMILES string of the molecule is Nc1c(CO)c(C(F)(F)F)nc2nonc12. The summed E-state index contributed by atoms with van der Waals surface area (Å²) in [7, 11) is 0. The van der Waals surface area contributed by atoms with Gasteiger partial charge in [-0.25, -0.2) is 9.61 Å². The predicted molar refractivity (Wildman–Crippen MR) is 44.9 cm³/mol. The second-order valence-corrected chi connectivity index (χ2v) is 2.94. The van der Waals surface area contributed by atoms with Crippen LogP contribution >= 0.6 is 0 Å². The summed E-state index contributed by atoms with van der Waals surface area (Å²) < 4.78 is 41.8. The molecule has 86 valence electrons. The molecule has 16 heavy (non-hydrogen) atoms. The van der Waals surface area contributed by atoms with Crippen LogP contribution in [0.1, 0.15) is 11.3 Å². The maximum absolute atomic E-state index is 12.5. The minimum Gasteiger partial charge on any atom is -0.396 e. The van der Waals surface area contributed by atoms with E-state index in [1.165, 1.54) is 0 Å². The van der Waals surface area contributed by atoms with Gasteiger partial charge in [-0.3, -0.25) is 0 Å². The first-order valence-corrected chi connectivity index (χ1v) is 4.03. The number of anilines is 1.